The largest absolute Gasteiger partial charge is 0.342 e. The molecular formula is C14H17N9O2. The molecule has 3 rings (SSSR count). The van der Waals surface area contributed by atoms with Crippen LogP contribution in [-0.2, 0) is 13.1 Å². The second kappa shape index (κ2) is 7.03. The van der Waals surface area contributed by atoms with Crippen LogP contribution < -0.4 is 10.9 Å². The third-order valence-electron chi connectivity index (χ3n) is 3.55. The number of aromatic nitrogens is 8. The molecule has 3 heterocycles. The van der Waals surface area contributed by atoms with Gasteiger partial charge < -0.3 is 10.3 Å². The number of aromatic amines is 1. The number of H-pyrrole nitrogens is 1. The first-order valence-electron chi connectivity index (χ1n) is 7.67. The molecule has 0 fully saturated rings. The summed E-state index contributed by atoms with van der Waals surface area (Å²) in [5, 5.41) is 10.7. The number of hydrogen-bond acceptors (Lipinski definition) is 7. The molecule has 0 aliphatic rings. The Hall–Kier alpha value is -3.37. The summed E-state index contributed by atoms with van der Waals surface area (Å²) in [4.78, 5) is 39.1. The number of hydrogen-bond donors (Lipinski definition) is 2. The molecule has 1 amide bonds. The van der Waals surface area contributed by atoms with Gasteiger partial charge >= 0.3 is 0 Å². The van der Waals surface area contributed by atoms with E-state index < -0.39 is 17.5 Å². The summed E-state index contributed by atoms with van der Waals surface area (Å²) in [6.45, 7) is 4.59. The standard InChI is InChI=1S/C14H17N9O2/c1-3-23-12(17-7-19-23)9(2)20-13(24)10-4-16-11(21-14(10)25)5-22-8-15-6-18-22/h4,6-9H,3,5H2,1-2H3,(H,20,24)(H,16,21,25)/t9-/m1/s1. The van der Waals surface area contributed by atoms with Gasteiger partial charge in [0.05, 0.1) is 6.04 Å². The third kappa shape index (κ3) is 3.59. The van der Waals surface area contributed by atoms with E-state index in [9.17, 15) is 9.59 Å². The highest BCUT2D eigenvalue weighted by atomic mass is 16.2. The van der Waals surface area contributed by atoms with Crippen molar-refractivity contribution in [3.63, 3.8) is 0 Å². The van der Waals surface area contributed by atoms with Gasteiger partial charge in [-0.25, -0.2) is 24.3 Å². The fourth-order valence-electron chi connectivity index (χ4n) is 2.33. The molecule has 0 bridgehead atoms. The van der Waals surface area contributed by atoms with E-state index in [0.29, 0.717) is 18.2 Å². The third-order valence-corrected chi connectivity index (χ3v) is 3.55. The van der Waals surface area contributed by atoms with Gasteiger partial charge in [0.1, 0.15) is 42.7 Å². The zero-order valence-corrected chi connectivity index (χ0v) is 13.7. The number of nitrogens with one attached hydrogen (secondary N) is 2. The summed E-state index contributed by atoms with van der Waals surface area (Å²) in [6, 6.07) is -0.399. The van der Waals surface area contributed by atoms with Crippen molar-refractivity contribution in [3.8, 4) is 0 Å². The van der Waals surface area contributed by atoms with Gasteiger partial charge in [-0.3, -0.25) is 9.59 Å². The molecule has 0 aliphatic carbocycles. The number of aryl methyl sites for hydroxylation is 1. The van der Waals surface area contributed by atoms with E-state index >= 15 is 0 Å². The molecule has 2 N–H and O–H groups in total. The molecule has 1 atom stereocenters. The second-order valence-corrected chi connectivity index (χ2v) is 5.29. The van der Waals surface area contributed by atoms with Crippen LogP contribution >= 0.6 is 0 Å². The summed E-state index contributed by atoms with van der Waals surface area (Å²) < 4.78 is 3.19. The Morgan fingerprint density at radius 2 is 2.16 bits per heavy atom. The number of carbonyl (C=O) groups is 1. The van der Waals surface area contributed by atoms with Gasteiger partial charge in [0.2, 0.25) is 0 Å². The highest BCUT2D eigenvalue weighted by Gasteiger charge is 2.18. The molecule has 0 saturated heterocycles. The Kier molecular flexibility index (Phi) is 4.64. The normalized spacial score (nSPS) is 12.1. The Morgan fingerprint density at radius 3 is 2.84 bits per heavy atom. The minimum atomic E-state index is -0.529. The maximum absolute atomic E-state index is 12.3. The van der Waals surface area contributed by atoms with Gasteiger partial charge in [0, 0.05) is 12.7 Å². The Morgan fingerprint density at radius 1 is 1.32 bits per heavy atom. The summed E-state index contributed by atoms with van der Waals surface area (Å²) >= 11 is 0. The van der Waals surface area contributed by atoms with Gasteiger partial charge in [-0.1, -0.05) is 0 Å². The summed E-state index contributed by atoms with van der Waals surface area (Å²) in [5.74, 6) is 0.466. The second-order valence-electron chi connectivity index (χ2n) is 5.29. The van der Waals surface area contributed by atoms with Crippen molar-refractivity contribution in [2.24, 2.45) is 0 Å². The number of rotatable bonds is 6. The van der Waals surface area contributed by atoms with Crippen LogP contribution in [0.3, 0.4) is 0 Å². The average Bonchev–Trinajstić information content (AvgIpc) is 3.25. The molecule has 0 radical (unpaired) electrons. The van der Waals surface area contributed by atoms with Crippen LogP contribution in [0.4, 0.5) is 0 Å². The SMILES string of the molecule is CCn1ncnc1[C@@H](C)NC(=O)c1cnc(Cn2cncn2)[nH]c1=O. The van der Waals surface area contributed by atoms with Crippen LogP contribution in [0.25, 0.3) is 0 Å². The van der Waals surface area contributed by atoms with E-state index in [0.717, 1.165) is 0 Å². The van der Waals surface area contributed by atoms with Gasteiger partial charge in [-0.15, -0.1) is 0 Å². The minimum absolute atomic E-state index is 0.0724. The lowest BCUT2D eigenvalue weighted by atomic mass is 10.2. The van der Waals surface area contributed by atoms with Gasteiger partial charge in [0.25, 0.3) is 11.5 Å². The predicted octanol–water partition coefficient (Wildman–Crippen LogP) is -0.488. The molecule has 11 nitrogen and oxygen atoms in total. The average molecular weight is 343 g/mol. The molecule has 3 aromatic rings. The first kappa shape index (κ1) is 16.5. The molecule has 0 unspecified atom stereocenters. The van der Waals surface area contributed by atoms with E-state index in [1.165, 1.54) is 29.9 Å². The molecule has 25 heavy (non-hydrogen) atoms. The smallest absolute Gasteiger partial charge is 0.263 e. The molecular weight excluding hydrogens is 326 g/mol. The van der Waals surface area contributed by atoms with Gasteiger partial charge in [-0.2, -0.15) is 10.2 Å². The topological polar surface area (TPSA) is 136 Å². The Labute approximate surface area is 142 Å². The first-order chi connectivity index (χ1) is 12.1. The van der Waals surface area contributed by atoms with Crippen LogP contribution in [-0.4, -0.2) is 45.4 Å². The van der Waals surface area contributed by atoms with Gasteiger partial charge in [-0.05, 0) is 13.8 Å². The monoisotopic (exact) mass is 343 g/mol. The number of nitrogens with zero attached hydrogens (tertiary/aromatic N) is 7. The predicted molar refractivity (Wildman–Crippen MR) is 85.6 cm³/mol. The Bertz CT molecular complexity index is 913. The van der Waals surface area contributed by atoms with E-state index in [-0.39, 0.29) is 12.1 Å². The van der Waals surface area contributed by atoms with Crippen molar-refractivity contribution in [1.82, 2.24) is 44.8 Å². The van der Waals surface area contributed by atoms with E-state index in [1.54, 1.807) is 11.6 Å². The highest BCUT2D eigenvalue weighted by Crippen LogP contribution is 2.08. The van der Waals surface area contributed by atoms with Crippen LogP contribution in [0, 0.1) is 0 Å². The highest BCUT2D eigenvalue weighted by molar-refractivity contribution is 5.93. The van der Waals surface area contributed by atoms with Crippen molar-refractivity contribution >= 4 is 5.91 Å². The van der Waals surface area contributed by atoms with Crippen LogP contribution in [0.1, 0.15) is 41.9 Å². The lowest BCUT2D eigenvalue weighted by Crippen LogP contribution is -2.33. The fraction of sp³-hybridized carbons (Fsp3) is 0.357. The van der Waals surface area contributed by atoms with Crippen LogP contribution in [0.5, 0.6) is 0 Å². The van der Waals surface area contributed by atoms with Crippen molar-refractivity contribution in [2.45, 2.75) is 33.0 Å². The summed E-state index contributed by atoms with van der Waals surface area (Å²) in [5.41, 5.74) is -0.594. The molecule has 0 spiro atoms. The fourth-order valence-corrected chi connectivity index (χ4v) is 2.33. The summed E-state index contributed by atoms with van der Waals surface area (Å²) in [6.07, 6.45) is 5.56. The summed E-state index contributed by atoms with van der Waals surface area (Å²) in [7, 11) is 0. The lowest BCUT2D eigenvalue weighted by molar-refractivity contribution is 0.0935. The van der Waals surface area contributed by atoms with Crippen molar-refractivity contribution in [1.29, 1.82) is 0 Å². The quantitative estimate of drug-likeness (QED) is 0.616. The van der Waals surface area contributed by atoms with Crippen LogP contribution in [0.15, 0.2) is 30.0 Å². The van der Waals surface area contributed by atoms with Crippen molar-refractivity contribution in [2.75, 3.05) is 0 Å². The van der Waals surface area contributed by atoms with E-state index in [4.69, 9.17) is 0 Å². The van der Waals surface area contributed by atoms with Gasteiger partial charge in [0.15, 0.2) is 0 Å². The van der Waals surface area contributed by atoms with Crippen molar-refractivity contribution in [3.05, 3.63) is 52.7 Å². The molecule has 0 aliphatic heterocycles. The molecule has 0 aromatic carbocycles. The zero-order chi connectivity index (χ0) is 17.8. The Balaban J connectivity index is 1.73. The van der Waals surface area contributed by atoms with Crippen molar-refractivity contribution < 1.29 is 4.79 Å². The molecule has 0 saturated carbocycles. The number of amides is 1. The first-order valence-corrected chi connectivity index (χ1v) is 7.67. The maximum Gasteiger partial charge on any atom is 0.263 e. The van der Waals surface area contributed by atoms with E-state index in [2.05, 4.69) is 35.5 Å². The molecule has 3 aromatic heterocycles. The molecule has 130 valence electrons. The number of carbonyl (C=O) groups excluding carboxylic acids is 1. The molecule has 11 heteroatoms. The zero-order valence-electron chi connectivity index (χ0n) is 13.7. The minimum Gasteiger partial charge on any atom is -0.342 e. The van der Waals surface area contributed by atoms with Crippen LogP contribution in [0.2, 0.25) is 0 Å². The van der Waals surface area contributed by atoms with E-state index in [1.807, 2.05) is 6.92 Å². The maximum atomic E-state index is 12.3. The lowest BCUT2D eigenvalue weighted by Gasteiger charge is -2.13.